The monoisotopic (exact) mass is 600 g/mol. The van der Waals surface area contributed by atoms with Gasteiger partial charge in [-0.2, -0.15) is 31.4 Å². The Morgan fingerprint density at radius 1 is 1.00 bits per heavy atom. The molecule has 214 valence electrons. The average molecular weight is 600 g/mol. The van der Waals surface area contributed by atoms with Crippen LogP contribution in [0.25, 0.3) is 5.69 Å². The van der Waals surface area contributed by atoms with E-state index in [0.717, 1.165) is 48.8 Å². The number of thiophene rings is 1. The van der Waals surface area contributed by atoms with E-state index in [1.807, 2.05) is 5.32 Å². The first-order valence-electron chi connectivity index (χ1n) is 11.0. The van der Waals surface area contributed by atoms with Crippen LogP contribution >= 0.6 is 11.3 Å². The summed E-state index contributed by atoms with van der Waals surface area (Å²) < 4.78 is 93.0. The fourth-order valence-electron chi connectivity index (χ4n) is 3.52. The minimum atomic E-state index is -5.19. The number of benzene rings is 2. The highest BCUT2D eigenvalue weighted by Gasteiger charge is 2.41. The molecule has 0 radical (unpaired) electrons. The van der Waals surface area contributed by atoms with Crippen LogP contribution in [0.3, 0.4) is 0 Å². The van der Waals surface area contributed by atoms with E-state index in [4.69, 9.17) is 4.74 Å². The molecule has 1 amide bonds. The molecule has 0 fully saturated rings. The zero-order valence-electron chi connectivity index (χ0n) is 20.2. The van der Waals surface area contributed by atoms with Crippen molar-refractivity contribution in [1.82, 2.24) is 9.78 Å². The molecular formula is C24H14F6N4O6S. The number of aromatic nitrogens is 2. The van der Waals surface area contributed by atoms with Crippen molar-refractivity contribution in [3.8, 4) is 17.2 Å². The number of carbonyl (C=O) groups is 2. The molecule has 17 heteroatoms. The Balaban J connectivity index is 1.75. The Bertz CT molecular complexity index is 1630. The number of nitro groups is 1. The summed E-state index contributed by atoms with van der Waals surface area (Å²) in [5.74, 6) is -2.88. The summed E-state index contributed by atoms with van der Waals surface area (Å²) in [4.78, 5) is 35.0. The maximum atomic E-state index is 14.1. The summed E-state index contributed by atoms with van der Waals surface area (Å²) in [5.41, 5.74) is -5.27. The van der Waals surface area contributed by atoms with Gasteiger partial charge in [0, 0.05) is 12.1 Å². The number of anilines is 1. The predicted octanol–water partition coefficient (Wildman–Crippen LogP) is 6.71. The molecule has 0 unspecified atom stereocenters. The number of hydrogen-bond acceptors (Lipinski definition) is 8. The van der Waals surface area contributed by atoms with E-state index in [2.05, 4.69) is 9.84 Å². The van der Waals surface area contributed by atoms with Crippen LogP contribution in [0.1, 0.15) is 31.3 Å². The number of nitrogens with one attached hydrogen (secondary N) is 1. The third kappa shape index (κ3) is 6.13. The minimum absolute atomic E-state index is 0.0617. The van der Waals surface area contributed by atoms with E-state index < -0.39 is 63.1 Å². The van der Waals surface area contributed by atoms with Crippen molar-refractivity contribution in [2.75, 3.05) is 12.4 Å². The van der Waals surface area contributed by atoms with Crippen LogP contribution in [0.5, 0.6) is 11.5 Å². The number of amides is 1. The molecule has 2 aromatic carbocycles. The second-order valence-corrected chi connectivity index (χ2v) is 8.88. The van der Waals surface area contributed by atoms with Crippen molar-refractivity contribution in [2.24, 2.45) is 0 Å². The molecule has 2 aromatic heterocycles. The van der Waals surface area contributed by atoms with Crippen molar-refractivity contribution >= 4 is 34.6 Å². The third-order valence-electron chi connectivity index (χ3n) is 5.36. The van der Waals surface area contributed by atoms with Gasteiger partial charge >= 0.3 is 18.3 Å². The number of non-ortho nitro benzene ring substituents is 1. The molecule has 2 heterocycles. The number of carbonyl (C=O) groups excluding carboxylic acids is 2. The number of nitrogens with zero attached hydrogens (tertiary/aromatic N) is 3. The quantitative estimate of drug-likeness (QED) is 0.108. The number of ether oxygens (including phenoxy) is 2. The first-order valence-corrected chi connectivity index (χ1v) is 11.8. The lowest BCUT2D eigenvalue weighted by Gasteiger charge is -2.16. The highest BCUT2D eigenvalue weighted by molar-refractivity contribution is 7.12. The van der Waals surface area contributed by atoms with Gasteiger partial charge in [-0.3, -0.25) is 14.9 Å². The molecule has 10 nitrogen and oxygen atoms in total. The zero-order valence-corrected chi connectivity index (χ0v) is 21.1. The lowest BCUT2D eigenvalue weighted by atomic mass is 10.1. The zero-order chi connectivity index (χ0) is 30.1. The average Bonchev–Trinajstić information content (AvgIpc) is 3.56. The Hall–Kier alpha value is -4.93. The van der Waals surface area contributed by atoms with Crippen LogP contribution in [0.15, 0.2) is 60.1 Å². The van der Waals surface area contributed by atoms with Crippen LogP contribution in [0.2, 0.25) is 0 Å². The van der Waals surface area contributed by atoms with Gasteiger partial charge in [0.2, 0.25) is 0 Å². The first kappa shape index (κ1) is 29.1. The van der Waals surface area contributed by atoms with Crippen molar-refractivity contribution in [3.63, 3.8) is 0 Å². The molecule has 1 N–H and O–H groups in total. The minimum Gasteiger partial charge on any atom is -0.465 e. The summed E-state index contributed by atoms with van der Waals surface area (Å²) in [6, 6.07) is 6.99. The Kier molecular flexibility index (Phi) is 7.74. The molecule has 4 rings (SSSR count). The van der Waals surface area contributed by atoms with Gasteiger partial charge in [-0.15, -0.1) is 11.3 Å². The van der Waals surface area contributed by atoms with Crippen LogP contribution in [-0.4, -0.2) is 33.7 Å². The highest BCUT2D eigenvalue weighted by Crippen LogP contribution is 2.40. The standard InChI is InChI=1S/C24H14F6N4O6S/c1-39-22(36)19-18(8-9-41-19)40-17-7-2-12(23(25,26)27)10-16(17)32-21(35)15-11-31-33(20(15)24(28,29)30)13-3-5-14(6-4-13)34(37)38/h2-11H,1H3,(H,32,35). The van der Waals surface area contributed by atoms with Gasteiger partial charge in [0.15, 0.2) is 22.1 Å². The summed E-state index contributed by atoms with van der Waals surface area (Å²) in [5, 5.41) is 17.9. The maximum absolute atomic E-state index is 14.1. The van der Waals surface area contributed by atoms with E-state index in [1.54, 1.807) is 0 Å². The number of halogens is 6. The first-order chi connectivity index (χ1) is 19.2. The van der Waals surface area contributed by atoms with Gasteiger partial charge in [0.1, 0.15) is 0 Å². The van der Waals surface area contributed by atoms with E-state index in [1.165, 1.54) is 11.4 Å². The second kappa shape index (κ2) is 10.9. The van der Waals surface area contributed by atoms with E-state index in [-0.39, 0.29) is 16.3 Å². The van der Waals surface area contributed by atoms with Gasteiger partial charge in [-0.05, 0) is 41.8 Å². The molecular weight excluding hydrogens is 586 g/mol. The molecule has 0 atom stereocenters. The van der Waals surface area contributed by atoms with Crippen LogP contribution in [-0.2, 0) is 17.1 Å². The number of rotatable bonds is 7. The Morgan fingerprint density at radius 3 is 2.27 bits per heavy atom. The topological polar surface area (TPSA) is 126 Å². The lowest BCUT2D eigenvalue weighted by molar-refractivity contribution is -0.384. The van der Waals surface area contributed by atoms with Crippen LogP contribution in [0.4, 0.5) is 37.7 Å². The smallest absolute Gasteiger partial charge is 0.434 e. The molecule has 0 aliphatic rings. The van der Waals surface area contributed by atoms with Gasteiger partial charge in [-0.25, -0.2) is 9.48 Å². The number of nitro benzene ring substituents is 1. The van der Waals surface area contributed by atoms with Crippen LogP contribution < -0.4 is 10.1 Å². The molecule has 0 bridgehead atoms. The van der Waals surface area contributed by atoms with Crippen molar-refractivity contribution in [3.05, 3.63) is 91.9 Å². The second-order valence-electron chi connectivity index (χ2n) is 7.96. The van der Waals surface area contributed by atoms with E-state index in [9.17, 15) is 46.0 Å². The fourth-order valence-corrected chi connectivity index (χ4v) is 4.25. The molecule has 4 aromatic rings. The molecule has 0 aliphatic heterocycles. The van der Waals surface area contributed by atoms with Crippen molar-refractivity contribution < 1.29 is 50.3 Å². The summed E-state index contributed by atoms with van der Waals surface area (Å²) in [6.07, 6.45) is -9.54. The summed E-state index contributed by atoms with van der Waals surface area (Å²) in [6.45, 7) is 0. The number of hydrogen-bond donors (Lipinski definition) is 1. The molecule has 41 heavy (non-hydrogen) atoms. The maximum Gasteiger partial charge on any atom is 0.434 e. The normalized spacial score (nSPS) is 11.7. The van der Waals surface area contributed by atoms with E-state index >= 15 is 0 Å². The Morgan fingerprint density at radius 2 is 1.68 bits per heavy atom. The van der Waals surface area contributed by atoms with Gasteiger partial charge in [-0.1, -0.05) is 0 Å². The van der Waals surface area contributed by atoms with Gasteiger partial charge in [0.25, 0.3) is 11.6 Å². The number of methoxy groups -OCH3 is 1. The number of alkyl halides is 6. The fraction of sp³-hybridized carbons (Fsp3) is 0.125. The summed E-state index contributed by atoms with van der Waals surface area (Å²) >= 11 is 0.893. The molecule has 0 spiro atoms. The summed E-state index contributed by atoms with van der Waals surface area (Å²) in [7, 11) is 1.09. The highest BCUT2D eigenvalue weighted by atomic mass is 32.1. The van der Waals surface area contributed by atoms with Gasteiger partial charge < -0.3 is 14.8 Å². The van der Waals surface area contributed by atoms with Crippen molar-refractivity contribution in [2.45, 2.75) is 12.4 Å². The molecule has 0 aliphatic carbocycles. The van der Waals surface area contributed by atoms with Crippen molar-refractivity contribution in [1.29, 1.82) is 0 Å². The Labute approximate surface area is 228 Å². The van der Waals surface area contributed by atoms with Gasteiger partial charge in [0.05, 0.1) is 40.7 Å². The predicted molar refractivity (Wildman–Crippen MR) is 130 cm³/mol. The lowest BCUT2D eigenvalue weighted by Crippen LogP contribution is -2.21. The third-order valence-corrected chi connectivity index (χ3v) is 6.24. The van der Waals surface area contributed by atoms with Crippen LogP contribution in [0, 0.1) is 10.1 Å². The molecule has 0 saturated carbocycles. The van der Waals surface area contributed by atoms with E-state index in [0.29, 0.717) is 23.0 Å². The largest absolute Gasteiger partial charge is 0.465 e. The molecule has 0 saturated heterocycles. The SMILES string of the molecule is COC(=O)c1sccc1Oc1ccc(C(F)(F)F)cc1NC(=O)c1cnn(-c2ccc([N+](=O)[O-])cc2)c1C(F)(F)F. The number of esters is 1.